The van der Waals surface area contributed by atoms with Crippen LogP contribution in [-0.2, 0) is 11.2 Å². The maximum Gasteiger partial charge on any atom is 0.119 e. The predicted octanol–water partition coefficient (Wildman–Crippen LogP) is 2.92. The molecular weight excluding hydrogens is 270 g/mol. The zero-order valence-corrected chi connectivity index (χ0v) is 13.0. The van der Waals surface area contributed by atoms with Crippen molar-refractivity contribution in [3.63, 3.8) is 0 Å². The van der Waals surface area contributed by atoms with Gasteiger partial charge in [-0.1, -0.05) is 6.07 Å². The fourth-order valence-electron chi connectivity index (χ4n) is 3.18. The number of hydrogen-bond donors (Lipinski definition) is 1. The highest BCUT2D eigenvalue weighted by atomic mass is 32.2. The van der Waals surface area contributed by atoms with Crippen LogP contribution in [0.4, 0.5) is 0 Å². The van der Waals surface area contributed by atoms with Gasteiger partial charge in [0.25, 0.3) is 0 Å². The smallest absolute Gasteiger partial charge is 0.119 e. The number of nitrogens with two attached hydrogens (primary N) is 1. The summed E-state index contributed by atoms with van der Waals surface area (Å²) in [6.45, 7) is 3.07. The Morgan fingerprint density at radius 1 is 1.30 bits per heavy atom. The van der Waals surface area contributed by atoms with E-state index >= 15 is 0 Å². The van der Waals surface area contributed by atoms with Gasteiger partial charge < -0.3 is 15.2 Å². The summed E-state index contributed by atoms with van der Waals surface area (Å²) in [7, 11) is 1.71. The molecule has 0 saturated carbocycles. The van der Waals surface area contributed by atoms with Gasteiger partial charge in [0, 0.05) is 23.1 Å². The maximum absolute atomic E-state index is 6.52. The Morgan fingerprint density at radius 3 is 2.85 bits per heavy atom. The van der Waals surface area contributed by atoms with Crippen LogP contribution in [-0.4, -0.2) is 30.3 Å². The van der Waals surface area contributed by atoms with Gasteiger partial charge in [-0.05, 0) is 49.4 Å². The van der Waals surface area contributed by atoms with Gasteiger partial charge in [-0.15, -0.1) is 0 Å². The molecule has 0 radical (unpaired) electrons. The number of hydrogen-bond acceptors (Lipinski definition) is 4. The van der Waals surface area contributed by atoms with Crippen molar-refractivity contribution in [2.75, 3.05) is 13.7 Å². The Labute approximate surface area is 125 Å². The zero-order chi connectivity index (χ0) is 14.1. The molecule has 1 aromatic rings. The zero-order valence-electron chi connectivity index (χ0n) is 12.2. The minimum atomic E-state index is 0.103. The van der Waals surface area contributed by atoms with Gasteiger partial charge in [-0.2, -0.15) is 11.8 Å². The fraction of sp³-hybridized carbons (Fsp3) is 0.625. The van der Waals surface area contributed by atoms with Crippen LogP contribution in [0, 0.1) is 0 Å². The topological polar surface area (TPSA) is 44.5 Å². The molecule has 0 spiro atoms. The van der Waals surface area contributed by atoms with E-state index in [1.165, 1.54) is 11.1 Å². The van der Waals surface area contributed by atoms with Crippen LogP contribution in [0.5, 0.6) is 5.75 Å². The highest BCUT2D eigenvalue weighted by Gasteiger charge is 2.33. The maximum atomic E-state index is 6.52. The Morgan fingerprint density at radius 2 is 2.15 bits per heavy atom. The van der Waals surface area contributed by atoms with Crippen LogP contribution in [0.1, 0.15) is 36.9 Å². The molecule has 4 unspecified atom stereocenters. The standard InChI is InChI=1S/C16H23NO2S/c1-10-14(7-8-19-10)20-15-6-4-11-3-5-12(18-2)9-13(11)16(15)17/h3,5,9-10,14-16H,4,6-8,17H2,1-2H3. The number of fused-ring (bicyclic) bond motifs is 1. The lowest BCUT2D eigenvalue weighted by Gasteiger charge is -2.33. The largest absolute Gasteiger partial charge is 0.497 e. The Bertz CT molecular complexity index is 480. The molecule has 4 atom stereocenters. The van der Waals surface area contributed by atoms with E-state index in [1.807, 2.05) is 17.8 Å². The number of thioether (sulfide) groups is 1. The van der Waals surface area contributed by atoms with Crippen molar-refractivity contribution in [2.45, 2.75) is 48.8 Å². The SMILES string of the molecule is COc1ccc2c(c1)C(N)C(SC1CCOC1C)CC2. The highest BCUT2D eigenvalue weighted by Crippen LogP contribution is 2.41. The van der Waals surface area contributed by atoms with Gasteiger partial charge in [0.05, 0.1) is 13.2 Å². The molecule has 2 aliphatic rings. The molecule has 1 heterocycles. The molecule has 3 nitrogen and oxygen atoms in total. The minimum Gasteiger partial charge on any atom is -0.497 e. The summed E-state index contributed by atoms with van der Waals surface area (Å²) in [4.78, 5) is 0. The van der Waals surface area contributed by atoms with Crippen molar-refractivity contribution >= 4 is 11.8 Å². The first-order valence-electron chi connectivity index (χ1n) is 7.38. The molecular formula is C16H23NO2S. The summed E-state index contributed by atoms with van der Waals surface area (Å²) in [5.41, 5.74) is 9.16. The van der Waals surface area contributed by atoms with Crippen LogP contribution in [0.15, 0.2) is 18.2 Å². The van der Waals surface area contributed by atoms with E-state index in [9.17, 15) is 0 Å². The summed E-state index contributed by atoms with van der Waals surface area (Å²) < 4.78 is 11.0. The fourth-order valence-corrected chi connectivity index (χ4v) is 4.73. The van der Waals surface area contributed by atoms with E-state index < -0.39 is 0 Å². The van der Waals surface area contributed by atoms with E-state index in [1.54, 1.807) is 7.11 Å². The minimum absolute atomic E-state index is 0.103. The Balaban J connectivity index is 1.75. The summed E-state index contributed by atoms with van der Waals surface area (Å²) >= 11 is 2.03. The van der Waals surface area contributed by atoms with Crippen LogP contribution in [0.2, 0.25) is 0 Å². The molecule has 20 heavy (non-hydrogen) atoms. The molecule has 3 rings (SSSR count). The average Bonchev–Trinajstić information content (AvgIpc) is 2.87. The summed E-state index contributed by atoms with van der Waals surface area (Å²) in [6, 6.07) is 6.41. The van der Waals surface area contributed by atoms with E-state index in [2.05, 4.69) is 19.1 Å². The van der Waals surface area contributed by atoms with Crippen LogP contribution in [0.25, 0.3) is 0 Å². The second-order valence-corrected chi connectivity index (χ2v) is 7.19. The number of benzene rings is 1. The monoisotopic (exact) mass is 293 g/mol. The molecule has 2 N–H and O–H groups in total. The summed E-state index contributed by atoms with van der Waals surface area (Å²) in [5, 5.41) is 1.09. The number of aryl methyl sites for hydroxylation is 1. The first kappa shape index (κ1) is 14.2. The number of methoxy groups -OCH3 is 1. The summed E-state index contributed by atoms with van der Waals surface area (Å²) in [6.07, 6.45) is 3.79. The quantitative estimate of drug-likeness (QED) is 0.930. The number of ether oxygens (including phenoxy) is 2. The van der Waals surface area contributed by atoms with E-state index in [0.717, 1.165) is 31.6 Å². The lowest BCUT2D eigenvalue weighted by molar-refractivity contribution is 0.127. The van der Waals surface area contributed by atoms with E-state index in [-0.39, 0.29) is 6.04 Å². The first-order chi connectivity index (χ1) is 9.69. The average molecular weight is 293 g/mol. The second-order valence-electron chi connectivity index (χ2n) is 5.71. The molecule has 0 aromatic heterocycles. The van der Waals surface area contributed by atoms with Crippen LogP contribution >= 0.6 is 11.8 Å². The molecule has 0 amide bonds. The Hall–Kier alpha value is -0.710. The van der Waals surface area contributed by atoms with Gasteiger partial charge in [-0.25, -0.2) is 0 Å². The lowest BCUT2D eigenvalue weighted by atomic mass is 9.87. The molecule has 0 bridgehead atoms. The Kier molecular flexibility index (Phi) is 4.24. The molecule has 1 aliphatic heterocycles. The van der Waals surface area contributed by atoms with Crippen LogP contribution < -0.4 is 10.5 Å². The van der Waals surface area contributed by atoms with Gasteiger partial charge in [0.1, 0.15) is 5.75 Å². The van der Waals surface area contributed by atoms with Crippen LogP contribution in [0.3, 0.4) is 0 Å². The first-order valence-corrected chi connectivity index (χ1v) is 8.33. The molecule has 110 valence electrons. The molecule has 1 fully saturated rings. The van der Waals surface area contributed by atoms with Gasteiger partial charge in [0.2, 0.25) is 0 Å². The predicted molar refractivity (Wildman–Crippen MR) is 83.4 cm³/mol. The van der Waals surface area contributed by atoms with Crippen molar-refractivity contribution in [1.82, 2.24) is 0 Å². The van der Waals surface area contributed by atoms with Crippen molar-refractivity contribution in [2.24, 2.45) is 5.73 Å². The molecule has 1 aromatic carbocycles. The van der Waals surface area contributed by atoms with Crippen molar-refractivity contribution in [1.29, 1.82) is 0 Å². The van der Waals surface area contributed by atoms with Gasteiger partial charge >= 0.3 is 0 Å². The molecule has 4 heteroatoms. The van der Waals surface area contributed by atoms with Crippen molar-refractivity contribution < 1.29 is 9.47 Å². The molecule has 1 saturated heterocycles. The third-order valence-electron chi connectivity index (χ3n) is 4.47. The van der Waals surface area contributed by atoms with E-state index in [0.29, 0.717) is 16.6 Å². The summed E-state index contributed by atoms with van der Waals surface area (Å²) in [5.74, 6) is 0.905. The van der Waals surface area contributed by atoms with Crippen molar-refractivity contribution in [3.05, 3.63) is 29.3 Å². The number of rotatable bonds is 3. The second kappa shape index (κ2) is 5.96. The van der Waals surface area contributed by atoms with E-state index in [4.69, 9.17) is 15.2 Å². The third kappa shape index (κ3) is 2.69. The van der Waals surface area contributed by atoms with Gasteiger partial charge in [0.15, 0.2) is 0 Å². The molecule has 1 aliphatic carbocycles. The third-order valence-corrected chi connectivity index (χ3v) is 6.31. The lowest BCUT2D eigenvalue weighted by Crippen LogP contribution is -2.32. The van der Waals surface area contributed by atoms with Gasteiger partial charge in [-0.3, -0.25) is 0 Å². The van der Waals surface area contributed by atoms with Crippen molar-refractivity contribution in [3.8, 4) is 5.75 Å². The highest BCUT2D eigenvalue weighted by molar-refractivity contribution is 8.00. The normalized spacial score (nSPS) is 33.0.